The van der Waals surface area contributed by atoms with Gasteiger partial charge in [-0.3, -0.25) is 0 Å². The number of para-hydroxylation sites is 1. The molecule has 9 nitrogen and oxygen atoms in total. The predicted octanol–water partition coefficient (Wildman–Crippen LogP) is 2.90. The lowest BCUT2D eigenvalue weighted by atomic mass is 10.2. The van der Waals surface area contributed by atoms with Crippen LogP contribution in [0, 0.1) is 6.92 Å². The van der Waals surface area contributed by atoms with Crippen LogP contribution in [0.1, 0.15) is 12.7 Å². The number of sulfonamides is 1. The molecule has 0 saturated heterocycles. The molecule has 0 aliphatic carbocycles. The molecule has 154 valence electrons. The van der Waals surface area contributed by atoms with E-state index >= 15 is 0 Å². The third kappa shape index (κ3) is 4.02. The molecular weight excluding hydrogens is 414 g/mol. The maximum absolute atomic E-state index is 12.9. The first-order valence-electron chi connectivity index (χ1n) is 8.64. The Bertz CT molecular complexity index is 1190. The van der Waals surface area contributed by atoms with Crippen LogP contribution in [0.4, 0.5) is 16.2 Å². The zero-order chi connectivity index (χ0) is 21.3. The number of carbonyl (C=O) groups excluding carboxylic acids is 1. The van der Waals surface area contributed by atoms with Crippen molar-refractivity contribution < 1.29 is 17.9 Å². The molecular formula is C18H21N5O4S2. The quantitative estimate of drug-likeness (QED) is 0.532. The number of methoxy groups -OCH3 is 1. The fourth-order valence-electron chi connectivity index (χ4n) is 3.08. The maximum atomic E-state index is 12.9. The average molecular weight is 436 g/mol. The van der Waals surface area contributed by atoms with Crippen molar-refractivity contribution in [3.8, 4) is 5.75 Å². The van der Waals surface area contributed by atoms with Crippen molar-refractivity contribution in [1.82, 2.24) is 9.55 Å². The van der Waals surface area contributed by atoms with E-state index < -0.39 is 16.1 Å². The number of nitrogens with zero attached hydrogens (tertiary/aromatic N) is 3. The van der Waals surface area contributed by atoms with Crippen LogP contribution in [0.3, 0.4) is 0 Å². The van der Waals surface area contributed by atoms with Crippen LogP contribution >= 0.6 is 12.8 Å². The smallest absolute Gasteiger partial charge is 0.336 e. The number of amides is 2. The molecule has 11 heteroatoms. The second-order valence-corrected chi connectivity index (χ2v) is 8.16. The molecule has 0 radical (unpaired) electrons. The second kappa shape index (κ2) is 7.93. The van der Waals surface area contributed by atoms with E-state index in [1.807, 2.05) is 24.5 Å². The highest BCUT2D eigenvalue weighted by Crippen LogP contribution is 2.33. The number of benzene rings is 2. The summed E-state index contributed by atoms with van der Waals surface area (Å²) < 4.78 is 31.5. The number of hydrogen-bond donors (Lipinski definition) is 3. The Morgan fingerprint density at radius 2 is 2.07 bits per heavy atom. The van der Waals surface area contributed by atoms with Crippen molar-refractivity contribution in [3.63, 3.8) is 0 Å². The van der Waals surface area contributed by atoms with Crippen molar-refractivity contribution in [3.05, 3.63) is 42.2 Å². The fourth-order valence-corrected chi connectivity index (χ4v) is 3.82. The Hall–Kier alpha value is -2.76. The zero-order valence-corrected chi connectivity index (χ0v) is 17.8. The van der Waals surface area contributed by atoms with Gasteiger partial charge in [0.2, 0.25) is 10.0 Å². The van der Waals surface area contributed by atoms with Crippen molar-refractivity contribution in [2.75, 3.05) is 16.7 Å². The summed E-state index contributed by atoms with van der Waals surface area (Å²) in [7, 11) is -2.56. The molecule has 3 rings (SSSR count). The van der Waals surface area contributed by atoms with Gasteiger partial charge in [-0.05, 0) is 44.2 Å². The first kappa shape index (κ1) is 21.0. The molecule has 2 amide bonds. The second-order valence-electron chi connectivity index (χ2n) is 6.20. The number of rotatable bonds is 5. The molecule has 0 aliphatic heterocycles. The normalized spacial score (nSPS) is 11.5. The number of imidazole rings is 1. The lowest BCUT2D eigenvalue weighted by molar-refractivity contribution is 0.260. The largest absolute Gasteiger partial charge is 0.495 e. The lowest BCUT2D eigenvalue weighted by Gasteiger charge is -2.20. The fraction of sp³-hybridized carbons (Fsp3) is 0.222. The van der Waals surface area contributed by atoms with E-state index in [4.69, 9.17) is 9.88 Å². The molecule has 0 spiro atoms. The van der Waals surface area contributed by atoms with Crippen LogP contribution in [0.25, 0.3) is 11.0 Å². The molecule has 3 aromatic rings. The van der Waals surface area contributed by atoms with E-state index in [2.05, 4.69) is 23.1 Å². The van der Waals surface area contributed by atoms with Crippen molar-refractivity contribution in [1.29, 1.82) is 0 Å². The minimum Gasteiger partial charge on any atom is -0.495 e. The van der Waals surface area contributed by atoms with Gasteiger partial charge in [-0.15, -0.1) is 0 Å². The number of fused-ring (bicyclic) bond motifs is 1. The third-order valence-electron chi connectivity index (χ3n) is 4.41. The summed E-state index contributed by atoms with van der Waals surface area (Å²) in [6.07, 6.45) is 0. The van der Waals surface area contributed by atoms with Gasteiger partial charge in [-0.2, -0.15) is 0 Å². The molecule has 0 fully saturated rings. The highest BCUT2D eigenvalue weighted by Gasteiger charge is 2.21. The Labute approximate surface area is 174 Å². The van der Waals surface area contributed by atoms with Crippen LogP contribution in [-0.4, -0.2) is 31.1 Å². The van der Waals surface area contributed by atoms with Gasteiger partial charge in [0.05, 0.1) is 28.7 Å². The number of anilines is 2. The van der Waals surface area contributed by atoms with E-state index in [0.717, 1.165) is 21.2 Å². The summed E-state index contributed by atoms with van der Waals surface area (Å²) in [6.45, 7) is 4.56. The number of aryl methyl sites for hydroxylation is 2. The molecule has 0 saturated carbocycles. The number of primary sulfonamides is 1. The Kier molecular flexibility index (Phi) is 5.73. The number of hydrogen-bond acceptors (Lipinski definition) is 6. The highest BCUT2D eigenvalue weighted by molar-refractivity contribution is 7.89. The summed E-state index contributed by atoms with van der Waals surface area (Å²) in [6, 6.07) is 8.72. The Balaban J connectivity index is 1.99. The summed E-state index contributed by atoms with van der Waals surface area (Å²) in [4.78, 5) is 17.2. The number of ether oxygens (including phenoxy) is 1. The molecule has 3 N–H and O–H groups in total. The van der Waals surface area contributed by atoms with Gasteiger partial charge in [0.25, 0.3) is 0 Å². The molecule has 0 atom stereocenters. The molecule has 29 heavy (non-hydrogen) atoms. The van der Waals surface area contributed by atoms with Gasteiger partial charge in [0.1, 0.15) is 17.3 Å². The number of urea groups is 1. The number of thiol groups is 1. The number of carbonyl (C=O) groups is 1. The monoisotopic (exact) mass is 435 g/mol. The van der Waals surface area contributed by atoms with Gasteiger partial charge in [0.15, 0.2) is 0 Å². The summed E-state index contributed by atoms with van der Waals surface area (Å²) >= 11 is 4.24. The zero-order valence-electron chi connectivity index (χ0n) is 16.1. The first-order chi connectivity index (χ1) is 13.7. The van der Waals surface area contributed by atoms with Crippen molar-refractivity contribution in [2.24, 2.45) is 5.14 Å². The van der Waals surface area contributed by atoms with Crippen molar-refractivity contribution >= 4 is 51.3 Å². The highest BCUT2D eigenvalue weighted by atomic mass is 32.2. The Morgan fingerprint density at radius 1 is 1.34 bits per heavy atom. The van der Waals surface area contributed by atoms with E-state index in [-0.39, 0.29) is 16.3 Å². The van der Waals surface area contributed by atoms with E-state index in [1.165, 1.54) is 25.3 Å². The number of nitrogens with two attached hydrogens (primary N) is 1. The maximum Gasteiger partial charge on any atom is 0.336 e. The number of nitrogens with one attached hydrogen (secondary N) is 1. The Morgan fingerprint density at radius 3 is 2.69 bits per heavy atom. The molecule has 1 heterocycles. The van der Waals surface area contributed by atoms with Gasteiger partial charge in [-0.1, -0.05) is 18.9 Å². The molecule has 0 aliphatic rings. The molecule has 0 unspecified atom stereocenters. The summed E-state index contributed by atoms with van der Waals surface area (Å²) in [5, 5.41) is 7.99. The number of aromatic nitrogens is 2. The van der Waals surface area contributed by atoms with Gasteiger partial charge in [-0.25, -0.2) is 27.6 Å². The van der Waals surface area contributed by atoms with Crippen LogP contribution < -0.4 is 19.5 Å². The average Bonchev–Trinajstić information content (AvgIpc) is 3.02. The van der Waals surface area contributed by atoms with Gasteiger partial charge in [0, 0.05) is 6.54 Å². The summed E-state index contributed by atoms with van der Waals surface area (Å²) in [5.74, 6) is 1.09. The van der Waals surface area contributed by atoms with Crippen molar-refractivity contribution in [2.45, 2.75) is 25.3 Å². The first-order valence-corrected chi connectivity index (χ1v) is 10.6. The lowest BCUT2D eigenvalue weighted by Crippen LogP contribution is -2.27. The molecule has 1 aromatic heterocycles. The topological polar surface area (TPSA) is 120 Å². The van der Waals surface area contributed by atoms with Crippen LogP contribution in [0.5, 0.6) is 5.75 Å². The standard InChI is InChI=1S/C18H21N5O4S2/c1-4-22-11(2)20-13-6-5-7-14(17(13)22)21-18(24)23(28)15-10-12(29(19,25)26)8-9-16(15)27-3/h5-10,28H,4H2,1-3H3,(H,21,24)(H2,19,25,26). The van der Waals surface area contributed by atoms with Crippen LogP contribution in [0.15, 0.2) is 41.3 Å². The minimum absolute atomic E-state index is 0.132. The van der Waals surface area contributed by atoms with E-state index in [9.17, 15) is 13.2 Å². The van der Waals surface area contributed by atoms with Gasteiger partial charge >= 0.3 is 6.03 Å². The third-order valence-corrected chi connectivity index (χ3v) is 5.72. The van der Waals surface area contributed by atoms with Crippen LogP contribution in [-0.2, 0) is 16.6 Å². The SMILES string of the molecule is CCn1c(C)nc2cccc(NC(=O)N(S)c3cc(S(N)(=O)=O)ccc3OC)c21. The van der Waals surface area contributed by atoms with E-state index in [0.29, 0.717) is 12.2 Å². The van der Waals surface area contributed by atoms with Gasteiger partial charge < -0.3 is 14.6 Å². The van der Waals surface area contributed by atoms with Crippen LogP contribution in [0.2, 0.25) is 0 Å². The molecule has 0 bridgehead atoms. The molecule has 2 aromatic carbocycles. The minimum atomic E-state index is -3.96. The predicted molar refractivity (Wildman–Crippen MR) is 115 cm³/mol. The summed E-state index contributed by atoms with van der Waals surface area (Å²) in [5.41, 5.74) is 2.22. The van der Waals surface area contributed by atoms with E-state index in [1.54, 1.807) is 12.1 Å².